The van der Waals surface area contributed by atoms with Crippen LogP contribution in [0.25, 0.3) is 0 Å². The predicted octanol–water partition coefficient (Wildman–Crippen LogP) is 7.03. The lowest BCUT2D eigenvalue weighted by atomic mass is 10.2. The van der Waals surface area contributed by atoms with Gasteiger partial charge in [-0.05, 0) is 49.2 Å². The summed E-state index contributed by atoms with van der Waals surface area (Å²) in [7, 11) is 0. The minimum absolute atomic E-state index is 1.06. The van der Waals surface area contributed by atoms with Crippen LogP contribution < -0.4 is 0 Å². The molecule has 0 N–H and O–H groups in total. The summed E-state index contributed by atoms with van der Waals surface area (Å²) in [5.41, 5.74) is 0. The van der Waals surface area contributed by atoms with E-state index < -0.39 is 6.69 Å². The highest BCUT2D eigenvalue weighted by atomic mass is 35.7. The van der Waals surface area contributed by atoms with E-state index in [1.807, 2.05) is 0 Å². The molecule has 0 aromatic carbocycles. The molecule has 0 aliphatic rings. The third-order valence-electron chi connectivity index (χ3n) is 4.75. The zero-order valence-corrected chi connectivity index (χ0v) is 17.8. The lowest BCUT2D eigenvalue weighted by Crippen LogP contribution is -2.18. The molecular formula is C20H32Cl2N2Si. The minimum Gasteiger partial charge on any atom is -0.354 e. The van der Waals surface area contributed by atoms with Gasteiger partial charge >= 0.3 is 0 Å². The molecule has 0 bridgehead atoms. The van der Waals surface area contributed by atoms with Gasteiger partial charge in [-0.2, -0.15) is 0 Å². The summed E-state index contributed by atoms with van der Waals surface area (Å²) in [4.78, 5) is 0. The van der Waals surface area contributed by atoms with Crippen molar-refractivity contribution in [1.29, 1.82) is 0 Å². The second-order valence-corrected chi connectivity index (χ2v) is 14.7. The quantitative estimate of drug-likeness (QED) is 0.183. The maximum absolute atomic E-state index is 6.62. The second-order valence-electron chi connectivity index (χ2n) is 7.03. The molecule has 2 heterocycles. The van der Waals surface area contributed by atoms with Gasteiger partial charge in [0, 0.05) is 37.9 Å². The van der Waals surface area contributed by atoms with E-state index in [-0.39, 0.29) is 0 Å². The Balaban J connectivity index is 1.41. The Morgan fingerprint density at radius 2 is 0.880 bits per heavy atom. The van der Waals surface area contributed by atoms with Gasteiger partial charge in [0.05, 0.1) is 0 Å². The lowest BCUT2D eigenvalue weighted by Gasteiger charge is -2.16. The average Bonchev–Trinajstić information content (AvgIpc) is 3.27. The van der Waals surface area contributed by atoms with Crippen LogP contribution in [0.3, 0.4) is 0 Å². The number of nitrogens with zero attached hydrogens (tertiary/aromatic N) is 2. The predicted molar refractivity (Wildman–Crippen MR) is 113 cm³/mol. The number of halogens is 2. The van der Waals surface area contributed by atoms with Crippen LogP contribution in [0, 0.1) is 0 Å². The molecular weight excluding hydrogens is 367 g/mol. The molecule has 0 fully saturated rings. The van der Waals surface area contributed by atoms with Crippen molar-refractivity contribution >= 4 is 28.9 Å². The number of hydrogen-bond donors (Lipinski definition) is 0. The molecule has 0 saturated heterocycles. The molecule has 0 amide bonds. The molecule has 0 saturated carbocycles. The Bertz CT molecular complexity index is 490. The molecule has 2 rings (SSSR count). The standard InChI is InChI=1S/C20H32Cl2N2Si/c21-25(22,19-11-3-1-5-13-23-15-7-8-16-23)20-12-4-2-6-14-24-17-9-10-18-24/h7-10,15-18H,1-6,11-14,19-20H2. The summed E-state index contributed by atoms with van der Waals surface area (Å²) in [6.07, 6.45) is 18.5. The zero-order chi connectivity index (χ0) is 17.8. The van der Waals surface area contributed by atoms with Crippen molar-refractivity contribution in [2.75, 3.05) is 0 Å². The van der Waals surface area contributed by atoms with Crippen LogP contribution >= 0.6 is 22.2 Å². The van der Waals surface area contributed by atoms with Crippen molar-refractivity contribution in [3.63, 3.8) is 0 Å². The first-order chi connectivity index (χ1) is 12.2. The van der Waals surface area contributed by atoms with E-state index in [1.165, 1.54) is 51.4 Å². The molecule has 2 nitrogen and oxygen atoms in total. The van der Waals surface area contributed by atoms with Crippen molar-refractivity contribution < 1.29 is 0 Å². The smallest absolute Gasteiger partial charge is 0.251 e. The molecule has 2 aromatic rings. The highest BCUT2D eigenvalue weighted by Gasteiger charge is 2.26. The normalized spacial score (nSPS) is 11.9. The Kier molecular flexibility index (Phi) is 9.82. The van der Waals surface area contributed by atoms with E-state index >= 15 is 0 Å². The first-order valence-electron chi connectivity index (χ1n) is 9.75. The lowest BCUT2D eigenvalue weighted by molar-refractivity contribution is 0.579. The zero-order valence-electron chi connectivity index (χ0n) is 15.3. The molecule has 0 unspecified atom stereocenters. The van der Waals surface area contributed by atoms with E-state index in [0.717, 1.165) is 25.2 Å². The monoisotopic (exact) mass is 398 g/mol. The van der Waals surface area contributed by atoms with E-state index in [2.05, 4.69) is 58.2 Å². The summed E-state index contributed by atoms with van der Waals surface area (Å²) < 4.78 is 4.50. The number of unbranched alkanes of at least 4 members (excludes halogenated alkanes) is 6. The summed E-state index contributed by atoms with van der Waals surface area (Å²) >= 11 is 13.2. The van der Waals surface area contributed by atoms with Crippen molar-refractivity contribution in [3.8, 4) is 0 Å². The van der Waals surface area contributed by atoms with Crippen LogP contribution in [0.2, 0.25) is 12.1 Å². The highest BCUT2D eigenvalue weighted by Crippen LogP contribution is 2.30. The number of rotatable bonds is 14. The Morgan fingerprint density at radius 3 is 1.28 bits per heavy atom. The van der Waals surface area contributed by atoms with Gasteiger partial charge in [0.15, 0.2) is 0 Å². The van der Waals surface area contributed by atoms with E-state index in [1.54, 1.807) is 0 Å². The Morgan fingerprint density at radius 1 is 0.520 bits per heavy atom. The molecule has 5 heteroatoms. The molecule has 0 atom stereocenters. The molecule has 2 aromatic heterocycles. The fraction of sp³-hybridized carbons (Fsp3) is 0.600. The first-order valence-corrected chi connectivity index (χ1v) is 14.2. The van der Waals surface area contributed by atoms with Crippen molar-refractivity contribution in [2.24, 2.45) is 0 Å². The van der Waals surface area contributed by atoms with Crippen LogP contribution in [0.5, 0.6) is 0 Å². The molecule has 0 radical (unpaired) electrons. The third kappa shape index (κ3) is 9.57. The summed E-state index contributed by atoms with van der Waals surface area (Å²) in [6, 6.07) is 10.5. The highest BCUT2D eigenvalue weighted by molar-refractivity contribution is 7.45. The maximum Gasteiger partial charge on any atom is 0.251 e. The minimum atomic E-state index is -2.00. The SMILES string of the molecule is Cl[Si](Cl)(CCCCCCn1cccc1)CCCCCCn1cccc1. The summed E-state index contributed by atoms with van der Waals surface area (Å²) in [5, 5.41) is 0. The topological polar surface area (TPSA) is 9.86 Å². The van der Waals surface area contributed by atoms with E-state index in [4.69, 9.17) is 22.2 Å². The van der Waals surface area contributed by atoms with Crippen LogP contribution in [0.15, 0.2) is 49.1 Å². The van der Waals surface area contributed by atoms with Gasteiger partial charge in [0.1, 0.15) is 0 Å². The largest absolute Gasteiger partial charge is 0.354 e. The maximum atomic E-state index is 6.62. The van der Waals surface area contributed by atoms with Gasteiger partial charge in [0.2, 0.25) is 0 Å². The van der Waals surface area contributed by atoms with E-state index in [9.17, 15) is 0 Å². The Hall–Kier alpha value is -0.643. The first kappa shape index (κ1) is 20.7. The van der Waals surface area contributed by atoms with Crippen molar-refractivity contribution in [1.82, 2.24) is 9.13 Å². The number of aryl methyl sites for hydroxylation is 2. The van der Waals surface area contributed by atoms with Gasteiger partial charge in [-0.3, -0.25) is 0 Å². The average molecular weight is 399 g/mol. The fourth-order valence-electron chi connectivity index (χ4n) is 3.23. The van der Waals surface area contributed by atoms with Gasteiger partial charge in [0.25, 0.3) is 6.69 Å². The van der Waals surface area contributed by atoms with Gasteiger partial charge in [-0.15, -0.1) is 22.2 Å². The summed E-state index contributed by atoms with van der Waals surface area (Å²) in [5.74, 6) is 0. The Labute approximate surface area is 163 Å². The number of hydrogen-bond acceptors (Lipinski definition) is 0. The van der Waals surface area contributed by atoms with E-state index in [0.29, 0.717) is 0 Å². The van der Waals surface area contributed by atoms with Crippen LogP contribution in [-0.4, -0.2) is 15.8 Å². The molecule has 140 valence electrons. The summed E-state index contributed by atoms with van der Waals surface area (Å²) in [6.45, 7) is 0.255. The van der Waals surface area contributed by atoms with Crippen molar-refractivity contribution in [2.45, 2.75) is 76.5 Å². The van der Waals surface area contributed by atoms with Gasteiger partial charge < -0.3 is 9.13 Å². The molecule has 0 spiro atoms. The van der Waals surface area contributed by atoms with Gasteiger partial charge in [-0.1, -0.05) is 38.5 Å². The number of aromatic nitrogens is 2. The molecule has 0 aliphatic heterocycles. The second kappa shape index (κ2) is 11.9. The molecule has 25 heavy (non-hydrogen) atoms. The fourth-order valence-corrected chi connectivity index (χ4v) is 6.61. The third-order valence-corrected chi connectivity index (χ3v) is 9.19. The van der Waals surface area contributed by atoms with Crippen LogP contribution in [-0.2, 0) is 13.1 Å². The van der Waals surface area contributed by atoms with Gasteiger partial charge in [-0.25, -0.2) is 0 Å². The van der Waals surface area contributed by atoms with Crippen molar-refractivity contribution in [3.05, 3.63) is 49.1 Å². The molecule has 0 aliphatic carbocycles. The van der Waals surface area contributed by atoms with Crippen LogP contribution in [0.4, 0.5) is 0 Å². The van der Waals surface area contributed by atoms with Crippen LogP contribution in [0.1, 0.15) is 51.4 Å².